The molecule has 0 radical (unpaired) electrons. The smallest absolute Gasteiger partial charge is 0.251 e. The first-order valence-electron chi connectivity index (χ1n) is 8.14. The van der Waals surface area contributed by atoms with Gasteiger partial charge < -0.3 is 10.1 Å². The second-order valence-corrected chi connectivity index (χ2v) is 5.80. The monoisotopic (exact) mass is 328 g/mol. The Morgan fingerprint density at radius 1 is 1.12 bits per heavy atom. The highest BCUT2D eigenvalue weighted by atomic mass is 19.1. The molecule has 1 saturated heterocycles. The summed E-state index contributed by atoms with van der Waals surface area (Å²) in [5.74, 6) is -0.667. The summed E-state index contributed by atoms with van der Waals surface area (Å²) in [7, 11) is 0. The van der Waals surface area contributed by atoms with Crippen molar-refractivity contribution in [1.82, 2.24) is 10.2 Å². The molecule has 1 aliphatic rings. The third-order valence-corrected chi connectivity index (χ3v) is 4.21. The molecule has 1 fully saturated rings. The van der Waals surface area contributed by atoms with E-state index in [1.54, 1.807) is 12.1 Å². The lowest BCUT2D eigenvalue weighted by atomic mass is 10.0. The molecule has 2 aromatic rings. The lowest BCUT2D eigenvalue weighted by Gasteiger charge is -2.35. The van der Waals surface area contributed by atoms with E-state index in [0.717, 1.165) is 18.7 Å². The van der Waals surface area contributed by atoms with Gasteiger partial charge in [-0.2, -0.15) is 0 Å². The minimum Gasteiger partial charge on any atom is -0.379 e. The van der Waals surface area contributed by atoms with Crippen LogP contribution < -0.4 is 5.32 Å². The number of carbonyl (C=O) groups excluding carboxylic acids is 1. The van der Waals surface area contributed by atoms with Crippen molar-refractivity contribution in [3.05, 3.63) is 71.5 Å². The molecule has 24 heavy (non-hydrogen) atoms. The van der Waals surface area contributed by atoms with Crippen LogP contribution in [0.2, 0.25) is 0 Å². The number of hydrogen-bond acceptors (Lipinski definition) is 3. The fourth-order valence-electron chi connectivity index (χ4n) is 2.94. The van der Waals surface area contributed by atoms with Gasteiger partial charge in [0.15, 0.2) is 0 Å². The molecule has 126 valence electrons. The summed E-state index contributed by atoms with van der Waals surface area (Å²) in [6, 6.07) is 15.9. The van der Waals surface area contributed by atoms with Gasteiger partial charge in [-0.3, -0.25) is 9.69 Å². The lowest BCUT2D eigenvalue weighted by molar-refractivity contribution is 0.0162. The minimum atomic E-state index is -0.407. The number of amides is 1. The molecule has 0 saturated carbocycles. The molecule has 0 bridgehead atoms. The Hall–Kier alpha value is -2.24. The number of morpholine rings is 1. The summed E-state index contributed by atoms with van der Waals surface area (Å²) in [6.45, 7) is 3.52. The van der Waals surface area contributed by atoms with Crippen LogP contribution in [0.1, 0.15) is 22.0 Å². The van der Waals surface area contributed by atoms with Crippen LogP contribution >= 0.6 is 0 Å². The molecule has 1 aliphatic heterocycles. The molecule has 2 aromatic carbocycles. The maximum Gasteiger partial charge on any atom is 0.251 e. The first kappa shape index (κ1) is 16.6. The Bertz CT molecular complexity index is 672. The van der Waals surface area contributed by atoms with Gasteiger partial charge in [0.05, 0.1) is 19.3 Å². The van der Waals surface area contributed by atoms with Gasteiger partial charge in [0.25, 0.3) is 5.91 Å². The standard InChI is InChI=1S/C19H21FN2O2/c20-17-8-4-7-16(13-17)19(23)21-14-18(15-5-2-1-3-6-15)22-9-11-24-12-10-22/h1-8,13,18H,9-12,14H2,(H,21,23). The van der Waals surface area contributed by atoms with E-state index in [4.69, 9.17) is 4.74 Å². The summed E-state index contributed by atoms with van der Waals surface area (Å²) in [4.78, 5) is 14.6. The van der Waals surface area contributed by atoms with Crippen LogP contribution in [0, 0.1) is 5.82 Å². The molecule has 3 rings (SSSR count). The molecule has 5 heteroatoms. The molecule has 1 unspecified atom stereocenters. The third kappa shape index (κ3) is 4.19. The summed E-state index contributed by atoms with van der Waals surface area (Å²) in [5, 5.41) is 2.93. The van der Waals surface area contributed by atoms with Crippen LogP contribution in [-0.2, 0) is 4.74 Å². The average Bonchev–Trinajstić information content (AvgIpc) is 2.63. The van der Waals surface area contributed by atoms with Gasteiger partial charge >= 0.3 is 0 Å². The highest BCUT2D eigenvalue weighted by molar-refractivity contribution is 5.94. The fraction of sp³-hybridized carbons (Fsp3) is 0.316. The lowest BCUT2D eigenvalue weighted by Crippen LogP contribution is -2.43. The van der Waals surface area contributed by atoms with Gasteiger partial charge in [0.2, 0.25) is 0 Å². The summed E-state index contributed by atoms with van der Waals surface area (Å²) in [6.07, 6.45) is 0. The zero-order valence-corrected chi connectivity index (χ0v) is 13.5. The zero-order chi connectivity index (χ0) is 16.8. The Labute approximate surface area is 141 Å². The predicted molar refractivity (Wildman–Crippen MR) is 90.3 cm³/mol. The second kappa shape index (κ2) is 8.04. The van der Waals surface area contributed by atoms with Crippen molar-refractivity contribution in [2.45, 2.75) is 6.04 Å². The summed E-state index contributed by atoms with van der Waals surface area (Å²) in [5.41, 5.74) is 1.49. The number of rotatable bonds is 5. The molecule has 0 spiro atoms. The van der Waals surface area contributed by atoms with E-state index in [2.05, 4.69) is 22.3 Å². The van der Waals surface area contributed by atoms with Gasteiger partial charge in [0, 0.05) is 25.2 Å². The molecular weight excluding hydrogens is 307 g/mol. The van der Waals surface area contributed by atoms with Crippen molar-refractivity contribution >= 4 is 5.91 Å². The van der Waals surface area contributed by atoms with E-state index in [1.165, 1.54) is 12.1 Å². The first-order valence-corrected chi connectivity index (χ1v) is 8.14. The van der Waals surface area contributed by atoms with E-state index in [9.17, 15) is 9.18 Å². The van der Waals surface area contributed by atoms with Crippen LogP contribution in [0.5, 0.6) is 0 Å². The van der Waals surface area contributed by atoms with Gasteiger partial charge in [-0.05, 0) is 23.8 Å². The van der Waals surface area contributed by atoms with Crippen molar-refractivity contribution in [2.75, 3.05) is 32.8 Å². The number of halogens is 1. The number of nitrogens with zero attached hydrogens (tertiary/aromatic N) is 1. The molecule has 0 aromatic heterocycles. The van der Waals surface area contributed by atoms with Crippen LogP contribution in [0.4, 0.5) is 4.39 Å². The molecule has 1 heterocycles. The third-order valence-electron chi connectivity index (χ3n) is 4.21. The SMILES string of the molecule is O=C(NCC(c1ccccc1)N1CCOCC1)c1cccc(F)c1. The van der Waals surface area contributed by atoms with Gasteiger partial charge in [0.1, 0.15) is 5.82 Å². The number of carbonyl (C=O) groups is 1. The van der Waals surface area contributed by atoms with Gasteiger partial charge in [-0.15, -0.1) is 0 Å². The van der Waals surface area contributed by atoms with Crippen LogP contribution in [0.15, 0.2) is 54.6 Å². The predicted octanol–water partition coefficient (Wildman–Crippen LogP) is 2.63. The fourth-order valence-corrected chi connectivity index (χ4v) is 2.94. The van der Waals surface area contributed by atoms with E-state index in [1.807, 2.05) is 18.2 Å². The van der Waals surface area contributed by atoms with Crippen LogP contribution in [0.3, 0.4) is 0 Å². The van der Waals surface area contributed by atoms with Gasteiger partial charge in [-0.1, -0.05) is 36.4 Å². The van der Waals surface area contributed by atoms with Crippen molar-refractivity contribution in [2.24, 2.45) is 0 Å². The van der Waals surface area contributed by atoms with Crippen molar-refractivity contribution < 1.29 is 13.9 Å². The largest absolute Gasteiger partial charge is 0.379 e. The van der Waals surface area contributed by atoms with Crippen LogP contribution in [-0.4, -0.2) is 43.7 Å². The zero-order valence-electron chi connectivity index (χ0n) is 13.5. The molecule has 4 nitrogen and oxygen atoms in total. The summed E-state index contributed by atoms with van der Waals surface area (Å²) >= 11 is 0. The van der Waals surface area contributed by atoms with Gasteiger partial charge in [-0.25, -0.2) is 4.39 Å². The van der Waals surface area contributed by atoms with E-state index in [0.29, 0.717) is 25.3 Å². The summed E-state index contributed by atoms with van der Waals surface area (Å²) < 4.78 is 18.7. The molecule has 1 atom stereocenters. The Balaban J connectivity index is 1.71. The van der Waals surface area contributed by atoms with E-state index in [-0.39, 0.29) is 11.9 Å². The van der Waals surface area contributed by atoms with Crippen molar-refractivity contribution in [3.63, 3.8) is 0 Å². The molecule has 1 N–H and O–H groups in total. The topological polar surface area (TPSA) is 41.6 Å². The minimum absolute atomic E-state index is 0.0765. The Morgan fingerprint density at radius 3 is 2.58 bits per heavy atom. The van der Waals surface area contributed by atoms with Crippen molar-refractivity contribution in [3.8, 4) is 0 Å². The second-order valence-electron chi connectivity index (χ2n) is 5.80. The maximum absolute atomic E-state index is 13.3. The highest BCUT2D eigenvalue weighted by Crippen LogP contribution is 2.21. The Morgan fingerprint density at radius 2 is 1.88 bits per heavy atom. The Kier molecular flexibility index (Phi) is 5.56. The number of hydrogen-bond donors (Lipinski definition) is 1. The molecule has 1 amide bonds. The first-order chi connectivity index (χ1) is 11.7. The normalized spacial score (nSPS) is 16.5. The average molecular weight is 328 g/mol. The number of benzene rings is 2. The highest BCUT2D eigenvalue weighted by Gasteiger charge is 2.23. The van der Waals surface area contributed by atoms with Crippen molar-refractivity contribution in [1.29, 1.82) is 0 Å². The number of ether oxygens (including phenoxy) is 1. The molecular formula is C19H21FN2O2. The molecule has 0 aliphatic carbocycles. The number of nitrogens with one attached hydrogen (secondary N) is 1. The van der Waals surface area contributed by atoms with E-state index < -0.39 is 5.82 Å². The maximum atomic E-state index is 13.3. The van der Waals surface area contributed by atoms with Crippen LogP contribution in [0.25, 0.3) is 0 Å². The quantitative estimate of drug-likeness (QED) is 0.917. The van der Waals surface area contributed by atoms with E-state index >= 15 is 0 Å².